The van der Waals surface area contributed by atoms with Crippen LogP contribution in [-0.2, 0) is 11.3 Å². The second kappa shape index (κ2) is 9.00. The number of para-hydroxylation sites is 1. The number of carbonyl (C=O) groups is 1. The SMILES string of the molecule is C#CCOc1ccccc1CNCC(=O)NCC(C)C. The molecule has 0 aliphatic heterocycles. The molecule has 4 heteroatoms. The minimum Gasteiger partial charge on any atom is -0.481 e. The maximum atomic E-state index is 11.6. The maximum Gasteiger partial charge on any atom is 0.233 e. The van der Waals surface area contributed by atoms with E-state index in [1.54, 1.807) is 0 Å². The number of benzene rings is 1. The third-order valence-corrected chi connectivity index (χ3v) is 2.59. The Bertz CT molecular complexity index is 464. The summed E-state index contributed by atoms with van der Waals surface area (Å²) in [6, 6.07) is 7.64. The summed E-state index contributed by atoms with van der Waals surface area (Å²) < 4.78 is 5.45. The summed E-state index contributed by atoms with van der Waals surface area (Å²) in [4.78, 5) is 11.6. The highest BCUT2D eigenvalue weighted by Crippen LogP contribution is 2.17. The Morgan fingerprint density at radius 1 is 1.40 bits per heavy atom. The molecule has 0 saturated heterocycles. The second-order valence-corrected chi connectivity index (χ2v) is 4.90. The first-order chi connectivity index (χ1) is 9.63. The Hall–Kier alpha value is -1.99. The minimum atomic E-state index is 0.000671. The lowest BCUT2D eigenvalue weighted by molar-refractivity contribution is -0.120. The van der Waals surface area contributed by atoms with Gasteiger partial charge in [0.2, 0.25) is 5.91 Å². The van der Waals surface area contributed by atoms with Crippen LogP contribution in [0.15, 0.2) is 24.3 Å². The number of hydrogen-bond acceptors (Lipinski definition) is 3. The Labute approximate surface area is 120 Å². The van der Waals surface area contributed by atoms with Gasteiger partial charge in [-0.1, -0.05) is 38.0 Å². The summed E-state index contributed by atoms with van der Waals surface area (Å²) in [7, 11) is 0. The number of carbonyl (C=O) groups excluding carboxylic acids is 1. The average molecular weight is 274 g/mol. The van der Waals surface area contributed by atoms with Crippen molar-refractivity contribution >= 4 is 5.91 Å². The highest BCUT2D eigenvalue weighted by atomic mass is 16.5. The first-order valence-corrected chi connectivity index (χ1v) is 6.75. The van der Waals surface area contributed by atoms with E-state index in [1.165, 1.54) is 0 Å². The molecule has 1 aromatic rings. The fourth-order valence-electron chi connectivity index (χ4n) is 1.60. The van der Waals surface area contributed by atoms with Gasteiger partial charge in [0.15, 0.2) is 0 Å². The Balaban J connectivity index is 2.38. The van der Waals surface area contributed by atoms with Gasteiger partial charge in [-0.05, 0) is 12.0 Å². The van der Waals surface area contributed by atoms with Crippen molar-refractivity contribution < 1.29 is 9.53 Å². The molecule has 1 rings (SSSR count). The van der Waals surface area contributed by atoms with Gasteiger partial charge in [0.05, 0.1) is 6.54 Å². The standard InChI is InChI=1S/C16H22N2O2/c1-4-9-20-15-8-6-5-7-14(15)11-17-12-16(19)18-10-13(2)3/h1,5-8,13,17H,9-12H2,2-3H3,(H,18,19). The van der Waals surface area contributed by atoms with Gasteiger partial charge >= 0.3 is 0 Å². The summed E-state index contributed by atoms with van der Waals surface area (Å²) in [6.45, 7) is 5.92. The van der Waals surface area contributed by atoms with Crippen LogP contribution < -0.4 is 15.4 Å². The van der Waals surface area contributed by atoms with Crippen LogP contribution in [0.5, 0.6) is 5.75 Å². The van der Waals surface area contributed by atoms with Crippen molar-refractivity contribution in [2.75, 3.05) is 19.7 Å². The summed E-state index contributed by atoms with van der Waals surface area (Å²) >= 11 is 0. The third kappa shape index (κ3) is 6.26. The first-order valence-electron chi connectivity index (χ1n) is 6.75. The number of rotatable bonds is 8. The lowest BCUT2D eigenvalue weighted by Crippen LogP contribution is -2.35. The highest BCUT2D eigenvalue weighted by Gasteiger charge is 2.05. The number of amides is 1. The molecule has 4 nitrogen and oxygen atoms in total. The Morgan fingerprint density at radius 2 is 2.15 bits per heavy atom. The number of ether oxygens (including phenoxy) is 1. The van der Waals surface area contributed by atoms with Crippen molar-refractivity contribution in [3.05, 3.63) is 29.8 Å². The van der Waals surface area contributed by atoms with E-state index in [1.807, 2.05) is 24.3 Å². The summed E-state index contributed by atoms with van der Waals surface area (Å²) in [6.07, 6.45) is 5.18. The van der Waals surface area contributed by atoms with Crippen LogP contribution in [0, 0.1) is 18.3 Å². The van der Waals surface area contributed by atoms with Crippen molar-refractivity contribution in [1.29, 1.82) is 0 Å². The topological polar surface area (TPSA) is 50.4 Å². The van der Waals surface area contributed by atoms with Crippen LogP contribution in [0.25, 0.3) is 0 Å². The van der Waals surface area contributed by atoms with Crippen LogP contribution in [0.2, 0.25) is 0 Å². The molecule has 0 fully saturated rings. The molecule has 0 aromatic heterocycles. The molecule has 0 aliphatic carbocycles. The largest absolute Gasteiger partial charge is 0.481 e. The van der Waals surface area contributed by atoms with Gasteiger partial charge in [-0.2, -0.15) is 0 Å². The normalized spacial score (nSPS) is 10.1. The van der Waals surface area contributed by atoms with Gasteiger partial charge in [-0.25, -0.2) is 0 Å². The van der Waals surface area contributed by atoms with E-state index in [0.717, 1.165) is 11.3 Å². The molecule has 0 bridgehead atoms. The Kier molecular flexibility index (Phi) is 7.23. The summed E-state index contributed by atoms with van der Waals surface area (Å²) in [5, 5.41) is 5.96. The van der Waals surface area contributed by atoms with E-state index in [9.17, 15) is 4.79 Å². The van der Waals surface area contributed by atoms with Crippen LogP contribution in [0.4, 0.5) is 0 Å². The van der Waals surface area contributed by atoms with Crippen LogP contribution in [0.1, 0.15) is 19.4 Å². The van der Waals surface area contributed by atoms with Crippen LogP contribution in [-0.4, -0.2) is 25.6 Å². The van der Waals surface area contributed by atoms with E-state index in [2.05, 4.69) is 30.4 Å². The smallest absolute Gasteiger partial charge is 0.233 e. The van der Waals surface area contributed by atoms with Crippen molar-refractivity contribution in [2.24, 2.45) is 5.92 Å². The maximum absolute atomic E-state index is 11.6. The fourth-order valence-corrected chi connectivity index (χ4v) is 1.60. The van der Waals surface area contributed by atoms with E-state index in [0.29, 0.717) is 19.0 Å². The molecule has 1 amide bonds. The molecule has 0 spiro atoms. The van der Waals surface area contributed by atoms with Gasteiger partial charge in [-0.3, -0.25) is 4.79 Å². The van der Waals surface area contributed by atoms with Gasteiger partial charge in [-0.15, -0.1) is 6.42 Å². The monoisotopic (exact) mass is 274 g/mol. The van der Waals surface area contributed by atoms with E-state index >= 15 is 0 Å². The zero-order chi connectivity index (χ0) is 14.8. The second-order valence-electron chi connectivity index (χ2n) is 4.90. The molecule has 0 radical (unpaired) electrons. The average Bonchev–Trinajstić information content (AvgIpc) is 2.44. The molecule has 20 heavy (non-hydrogen) atoms. The molecule has 0 heterocycles. The fraction of sp³-hybridized carbons (Fsp3) is 0.438. The third-order valence-electron chi connectivity index (χ3n) is 2.59. The summed E-state index contributed by atoms with van der Waals surface area (Å²) in [5.41, 5.74) is 0.986. The van der Waals surface area contributed by atoms with Crippen LogP contribution in [0.3, 0.4) is 0 Å². The van der Waals surface area contributed by atoms with Crippen molar-refractivity contribution in [3.8, 4) is 18.1 Å². The predicted molar refractivity (Wildman–Crippen MR) is 80.3 cm³/mol. The minimum absolute atomic E-state index is 0.000671. The molecule has 0 unspecified atom stereocenters. The van der Waals surface area contributed by atoms with Gasteiger partial charge in [0, 0.05) is 18.7 Å². The zero-order valence-corrected chi connectivity index (χ0v) is 12.1. The number of terminal acetylenes is 1. The zero-order valence-electron chi connectivity index (χ0n) is 12.1. The van der Waals surface area contributed by atoms with Gasteiger partial charge in [0.1, 0.15) is 12.4 Å². The molecular weight excluding hydrogens is 252 g/mol. The lowest BCUT2D eigenvalue weighted by Gasteiger charge is -2.11. The Morgan fingerprint density at radius 3 is 2.85 bits per heavy atom. The van der Waals surface area contributed by atoms with Crippen molar-refractivity contribution in [2.45, 2.75) is 20.4 Å². The van der Waals surface area contributed by atoms with E-state index in [4.69, 9.17) is 11.2 Å². The van der Waals surface area contributed by atoms with Crippen LogP contribution >= 0.6 is 0 Å². The lowest BCUT2D eigenvalue weighted by atomic mass is 10.2. The first kappa shape index (κ1) is 16.1. The molecule has 0 atom stereocenters. The molecule has 2 N–H and O–H groups in total. The quantitative estimate of drug-likeness (QED) is 0.707. The molecule has 0 aliphatic rings. The van der Waals surface area contributed by atoms with Crippen molar-refractivity contribution in [1.82, 2.24) is 10.6 Å². The highest BCUT2D eigenvalue weighted by molar-refractivity contribution is 5.77. The van der Waals surface area contributed by atoms with E-state index < -0.39 is 0 Å². The van der Waals surface area contributed by atoms with Crippen molar-refractivity contribution in [3.63, 3.8) is 0 Å². The molecule has 108 valence electrons. The summed E-state index contributed by atoms with van der Waals surface area (Å²) in [5.74, 6) is 3.64. The van der Waals surface area contributed by atoms with E-state index in [-0.39, 0.29) is 19.1 Å². The van der Waals surface area contributed by atoms with Gasteiger partial charge in [0.25, 0.3) is 0 Å². The predicted octanol–water partition coefficient (Wildman–Crippen LogP) is 1.56. The number of hydrogen-bond donors (Lipinski definition) is 2. The molecular formula is C16H22N2O2. The molecule has 0 saturated carbocycles. The number of nitrogens with one attached hydrogen (secondary N) is 2. The molecule has 1 aromatic carbocycles. The van der Waals surface area contributed by atoms with Gasteiger partial charge < -0.3 is 15.4 Å².